The van der Waals surface area contributed by atoms with Crippen LogP contribution in [0.2, 0.25) is 0 Å². The van der Waals surface area contributed by atoms with Gasteiger partial charge in [0.15, 0.2) is 9.84 Å². The van der Waals surface area contributed by atoms with E-state index >= 15 is 0 Å². The van der Waals surface area contributed by atoms with Crippen molar-refractivity contribution in [3.8, 4) is 0 Å². The Labute approximate surface area is 111 Å². The number of carbonyl (C=O) groups excluding carboxylic acids is 1. The standard InChI is InChI=1S/C11H16N4O3S/c12-15-9-1-3-13-10(5-9)11(16)14-6-8-2-4-19(17,18)7-8/h1,3,5,8H,2,4,6-7,12H2,(H,13,15)(H,14,16). The highest BCUT2D eigenvalue weighted by Crippen LogP contribution is 2.17. The van der Waals surface area contributed by atoms with Crippen molar-refractivity contribution in [2.24, 2.45) is 11.8 Å². The molecule has 1 aromatic heterocycles. The molecule has 8 heteroatoms. The number of rotatable bonds is 4. The van der Waals surface area contributed by atoms with E-state index in [0.717, 1.165) is 0 Å². The molecular weight excluding hydrogens is 268 g/mol. The summed E-state index contributed by atoms with van der Waals surface area (Å²) in [5.74, 6) is 5.26. The maximum absolute atomic E-state index is 11.8. The normalized spacial score (nSPS) is 21.0. The van der Waals surface area contributed by atoms with E-state index in [4.69, 9.17) is 5.84 Å². The first kappa shape index (κ1) is 13.8. The Morgan fingerprint density at radius 3 is 2.95 bits per heavy atom. The number of sulfone groups is 1. The summed E-state index contributed by atoms with van der Waals surface area (Å²) in [6.07, 6.45) is 2.07. The van der Waals surface area contributed by atoms with Gasteiger partial charge in [-0.1, -0.05) is 0 Å². The Morgan fingerprint density at radius 1 is 1.53 bits per heavy atom. The van der Waals surface area contributed by atoms with Crippen molar-refractivity contribution in [3.05, 3.63) is 24.0 Å². The van der Waals surface area contributed by atoms with Crippen LogP contribution in [0.15, 0.2) is 18.3 Å². The second-order valence-corrected chi connectivity index (χ2v) is 6.78. The molecule has 1 atom stereocenters. The van der Waals surface area contributed by atoms with Gasteiger partial charge in [-0.25, -0.2) is 8.42 Å². The second-order valence-electron chi connectivity index (χ2n) is 4.55. The van der Waals surface area contributed by atoms with Crippen molar-refractivity contribution in [2.45, 2.75) is 6.42 Å². The van der Waals surface area contributed by atoms with E-state index < -0.39 is 9.84 Å². The number of hydrazine groups is 1. The zero-order valence-electron chi connectivity index (χ0n) is 10.3. The van der Waals surface area contributed by atoms with Crippen LogP contribution in [-0.4, -0.2) is 37.4 Å². The van der Waals surface area contributed by atoms with Crippen molar-refractivity contribution in [2.75, 3.05) is 23.5 Å². The number of aromatic nitrogens is 1. The number of hydrogen-bond acceptors (Lipinski definition) is 6. The number of nitrogen functional groups attached to an aromatic ring is 1. The Bertz CT molecular complexity index is 573. The molecule has 0 bridgehead atoms. The van der Waals surface area contributed by atoms with Gasteiger partial charge in [0.1, 0.15) is 5.69 Å². The lowest BCUT2D eigenvalue weighted by Crippen LogP contribution is -2.30. The zero-order valence-corrected chi connectivity index (χ0v) is 11.1. The highest BCUT2D eigenvalue weighted by atomic mass is 32.2. The fourth-order valence-electron chi connectivity index (χ4n) is 2.01. The van der Waals surface area contributed by atoms with Gasteiger partial charge in [-0.05, 0) is 24.5 Å². The van der Waals surface area contributed by atoms with Gasteiger partial charge in [-0.2, -0.15) is 0 Å². The zero-order chi connectivity index (χ0) is 13.9. The average molecular weight is 284 g/mol. The molecule has 1 unspecified atom stereocenters. The van der Waals surface area contributed by atoms with E-state index in [1.165, 1.54) is 12.3 Å². The van der Waals surface area contributed by atoms with Gasteiger partial charge in [0, 0.05) is 12.7 Å². The molecule has 1 fully saturated rings. The van der Waals surface area contributed by atoms with Crippen LogP contribution in [0.25, 0.3) is 0 Å². The van der Waals surface area contributed by atoms with Gasteiger partial charge in [0.2, 0.25) is 0 Å². The first-order valence-corrected chi connectivity index (χ1v) is 7.73. The third-order valence-electron chi connectivity index (χ3n) is 3.04. The summed E-state index contributed by atoms with van der Waals surface area (Å²) in [6, 6.07) is 3.17. The number of hydrogen-bond donors (Lipinski definition) is 3. The topological polar surface area (TPSA) is 114 Å². The minimum atomic E-state index is -2.91. The molecule has 1 aromatic rings. The molecule has 1 saturated heterocycles. The van der Waals surface area contributed by atoms with Crippen molar-refractivity contribution < 1.29 is 13.2 Å². The highest BCUT2D eigenvalue weighted by Gasteiger charge is 2.28. The van der Waals surface area contributed by atoms with Gasteiger partial charge < -0.3 is 10.7 Å². The van der Waals surface area contributed by atoms with Gasteiger partial charge in [-0.15, -0.1) is 0 Å². The second kappa shape index (κ2) is 5.54. The molecule has 2 heterocycles. The van der Waals surface area contributed by atoms with Gasteiger partial charge >= 0.3 is 0 Å². The third kappa shape index (κ3) is 3.65. The lowest BCUT2D eigenvalue weighted by atomic mass is 10.1. The van der Waals surface area contributed by atoms with Crippen LogP contribution in [0, 0.1) is 5.92 Å². The number of pyridine rings is 1. The lowest BCUT2D eigenvalue weighted by molar-refractivity contribution is 0.0943. The third-order valence-corrected chi connectivity index (χ3v) is 4.87. The minimum absolute atomic E-state index is 0.00948. The monoisotopic (exact) mass is 284 g/mol. The fraction of sp³-hybridized carbons (Fsp3) is 0.455. The van der Waals surface area contributed by atoms with E-state index in [1.54, 1.807) is 6.07 Å². The van der Waals surface area contributed by atoms with Crippen LogP contribution in [0.3, 0.4) is 0 Å². The highest BCUT2D eigenvalue weighted by molar-refractivity contribution is 7.91. The minimum Gasteiger partial charge on any atom is -0.350 e. The van der Waals surface area contributed by atoms with Crippen molar-refractivity contribution in [1.29, 1.82) is 0 Å². The number of anilines is 1. The Hall–Kier alpha value is -1.67. The van der Waals surface area contributed by atoms with Crippen molar-refractivity contribution >= 4 is 21.4 Å². The van der Waals surface area contributed by atoms with Gasteiger partial charge in [-0.3, -0.25) is 15.6 Å². The van der Waals surface area contributed by atoms with E-state index in [-0.39, 0.29) is 29.0 Å². The molecule has 1 aliphatic rings. The molecule has 2 rings (SSSR count). The summed E-state index contributed by atoms with van der Waals surface area (Å²) >= 11 is 0. The smallest absolute Gasteiger partial charge is 0.269 e. The van der Waals surface area contributed by atoms with E-state index in [2.05, 4.69) is 15.7 Å². The summed E-state index contributed by atoms with van der Waals surface area (Å²) in [7, 11) is -2.91. The number of carbonyl (C=O) groups is 1. The van der Waals surface area contributed by atoms with Gasteiger partial charge in [0.25, 0.3) is 5.91 Å². The summed E-state index contributed by atoms with van der Waals surface area (Å²) in [4.78, 5) is 15.8. The first-order valence-electron chi connectivity index (χ1n) is 5.91. The quantitative estimate of drug-likeness (QED) is 0.509. The maximum atomic E-state index is 11.8. The average Bonchev–Trinajstić information content (AvgIpc) is 2.75. The maximum Gasteiger partial charge on any atom is 0.269 e. The van der Waals surface area contributed by atoms with Crippen LogP contribution < -0.4 is 16.6 Å². The Morgan fingerprint density at radius 2 is 2.32 bits per heavy atom. The number of nitrogens with one attached hydrogen (secondary N) is 2. The molecule has 1 aliphatic heterocycles. The predicted octanol–water partition coefficient (Wildman–Crippen LogP) is -0.468. The van der Waals surface area contributed by atoms with Crippen LogP contribution in [0.1, 0.15) is 16.9 Å². The molecular formula is C11H16N4O3S. The summed E-state index contributed by atoms with van der Waals surface area (Å²) < 4.78 is 22.6. The van der Waals surface area contributed by atoms with Gasteiger partial charge in [0.05, 0.1) is 17.2 Å². The summed E-state index contributed by atoms with van der Waals surface area (Å²) in [5, 5.41) is 2.70. The van der Waals surface area contributed by atoms with Crippen LogP contribution in [-0.2, 0) is 9.84 Å². The number of amides is 1. The molecule has 0 aromatic carbocycles. The number of nitrogens with two attached hydrogens (primary N) is 1. The molecule has 0 spiro atoms. The van der Waals surface area contributed by atoms with E-state index in [0.29, 0.717) is 18.7 Å². The SMILES string of the molecule is NNc1ccnc(C(=O)NCC2CCS(=O)(=O)C2)c1. The summed E-state index contributed by atoms with van der Waals surface area (Å²) in [5.41, 5.74) is 3.26. The molecule has 104 valence electrons. The van der Waals surface area contributed by atoms with Crippen molar-refractivity contribution in [1.82, 2.24) is 10.3 Å². The van der Waals surface area contributed by atoms with Crippen molar-refractivity contribution in [3.63, 3.8) is 0 Å². The molecule has 4 N–H and O–H groups in total. The Balaban J connectivity index is 1.91. The largest absolute Gasteiger partial charge is 0.350 e. The molecule has 19 heavy (non-hydrogen) atoms. The molecule has 0 saturated carbocycles. The molecule has 0 radical (unpaired) electrons. The van der Waals surface area contributed by atoms with Crippen LogP contribution in [0.4, 0.5) is 5.69 Å². The summed E-state index contributed by atoms with van der Waals surface area (Å²) in [6.45, 7) is 0.347. The molecule has 0 aliphatic carbocycles. The molecule has 1 amide bonds. The Kier molecular flexibility index (Phi) is 4.01. The fourth-order valence-corrected chi connectivity index (χ4v) is 3.87. The lowest BCUT2D eigenvalue weighted by Gasteiger charge is -2.09. The van der Waals surface area contributed by atoms with E-state index in [9.17, 15) is 13.2 Å². The van der Waals surface area contributed by atoms with E-state index in [1.807, 2.05) is 0 Å². The first-order chi connectivity index (χ1) is 9.00. The number of nitrogens with zero attached hydrogens (tertiary/aromatic N) is 1. The van der Waals surface area contributed by atoms with Crippen LogP contribution >= 0.6 is 0 Å². The molecule has 7 nitrogen and oxygen atoms in total. The van der Waals surface area contributed by atoms with Crippen LogP contribution in [0.5, 0.6) is 0 Å². The predicted molar refractivity (Wildman–Crippen MR) is 71.1 cm³/mol.